The first-order valence-electron chi connectivity index (χ1n) is 24.5. The highest BCUT2D eigenvalue weighted by atomic mass is 16.7. The number of aliphatic hydroxyl groups excluding tert-OH is 8. The van der Waals surface area contributed by atoms with Gasteiger partial charge in [-0.15, -0.1) is 0 Å². The van der Waals surface area contributed by atoms with Crippen LogP contribution in [-0.2, 0) is 23.7 Å². The maximum Gasteiger partial charge on any atom is 0.220 e. The molecule has 0 aliphatic carbocycles. The summed E-state index contributed by atoms with van der Waals surface area (Å²) < 4.78 is 22.6. The van der Waals surface area contributed by atoms with Gasteiger partial charge in [-0.1, -0.05) is 143 Å². The number of hydrogen-bond donors (Lipinski definition) is 9. The first-order chi connectivity index (χ1) is 32.1. The van der Waals surface area contributed by atoms with Gasteiger partial charge >= 0.3 is 0 Å². The number of nitrogens with one attached hydrogen (secondary N) is 1. The Balaban J connectivity index is 1.77. The second-order valence-electron chi connectivity index (χ2n) is 16.9. The molecule has 376 valence electrons. The second kappa shape index (κ2) is 37.8. The van der Waals surface area contributed by atoms with Gasteiger partial charge < -0.3 is 65.1 Å². The number of aliphatic hydroxyl groups is 8. The zero-order chi connectivity index (χ0) is 48.2. The van der Waals surface area contributed by atoms with E-state index in [1.807, 2.05) is 6.08 Å². The van der Waals surface area contributed by atoms with Crippen LogP contribution in [0.25, 0.3) is 0 Å². The number of amides is 1. The van der Waals surface area contributed by atoms with Gasteiger partial charge in [-0.3, -0.25) is 4.79 Å². The topological polar surface area (TPSA) is 228 Å². The summed E-state index contributed by atoms with van der Waals surface area (Å²) in [6, 6.07) is -0.936. The van der Waals surface area contributed by atoms with Gasteiger partial charge in [0.2, 0.25) is 5.91 Å². The van der Waals surface area contributed by atoms with Gasteiger partial charge in [0.1, 0.15) is 48.8 Å². The number of carbonyl (C=O) groups excluding carboxylic acids is 1. The first kappa shape index (κ1) is 59.0. The maximum absolute atomic E-state index is 13.1. The van der Waals surface area contributed by atoms with E-state index in [0.29, 0.717) is 6.42 Å². The Morgan fingerprint density at radius 2 is 1.05 bits per heavy atom. The fourth-order valence-electron chi connectivity index (χ4n) is 7.27. The molecule has 0 aromatic rings. The van der Waals surface area contributed by atoms with Crippen LogP contribution in [0.15, 0.2) is 97.2 Å². The highest BCUT2D eigenvalue weighted by Crippen LogP contribution is 2.30. The molecule has 2 rings (SSSR count). The zero-order valence-corrected chi connectivity index (χ0v) is 39.6. The number of hydrogen-bond acceptors (Lipinski definition) is 13. The number of rotatable bonds is 35. The quantitative estimate of drug-likeness (QED) is 0.0264. The lowest BCUT2D eigenvalue weighted by Gasteiger charge is -2.46. The van der Waals surface area contributed by atoms with Gasteiger partial charge in [0.15, 0.2) is 12.6 Å². The molecule has 2 saturated heterocycles. The molecule has 12 unspecified atom stereocenters. The molecule has 2 aliphatic heterocycles. The summed E-state index contributed by atoms with van der Waals surface area (Å²) in [6.07, 6.45) is 33.4. The van der Waals surface area contributed by atoms with Crippen LogP contribution in [0.4, 0.5) is 0 Å². The Morgan fingerprint density at radius 1 is 0.561 bits per heavy atom. The number of allylic oxidation sites excluding steroid dienone is 15. The molecule has 0 saturated carbocycles. The molecule has 14 heteroatoms. The van der Waals surface area contributed by atoms with Crippen LogP contribution in [0.3, 0.4) is 0 Å². The van der Waals surface area contributed by atoms with Gasteiger partial charge in [-0.05, 0) is 77.0 Å². The van der Waals surface area contributed by atoms with E-state index in [1.165, 1.54) is 6.42 Å². The molecule has 14 nitrogen and oxygen atoms in total. The Bertz CT molecular complexity index is 1470. The van der Waals surface area contributed by atoms with Gasteiger partial charge in [0.05, 0.1) is 32.0 Å². The molecule has 0 aromatic carbocycles. The van der Waals surface area contributed by atoms with Crippen molar-refractivity contribution in [2.75, 3.05) is 19.8 Å². The van der Waals surface area contributed by atoms with E-state index in [4.69, 9.17) is 18.9 Å². The van der Waals surface area contributed by atoms with Crippen LogP contribution < -0.4 is 5.32 Å². The van der Waals surface area contributed by atoms with Crippen molar-refractivity contribution in [2.45, 2.75) is 203 Å². The Kier molecular flexibility index (Phi) is 33.8. The minimum absolute atomic E-state index is 0.234. The summed E-state index contributed by atoms with van der Waals surface area (Å²) in [6.45, 7) is 2.54. The van der Waals surface area contributed by atoms with Crippen LogP contribution in [0.5, 0.6) is 0 Å². The lowest BCUT2D eigenvalue weighted by atomic mass is 9.97. The van der Waals surface area contributed by atoms with E-state index in [-0.39, 0.29) is 18.9 Å². The van der Waals surface area contributed by atoms with Gasteiger partial charge in [-0.25, -0.2) is 0 Å². The van der Waals surface area contributed by atoms with Crippen molar-refractivity contribution in [3.05, 3.63) is 97.2 Å². The highest BCUT2D eigenvalue weighted by Gasteiger charge is 2.51. The first-order valence-corrected chi connectivity index (χ1v) is 24.5. The van der Waals surface area contributed by atoms with Crippen LogP contribution in [0.2, 0.25) is 0 Å². The van der Waals surface area contributed by atoms with Gasteiger partial charge in [0.25, 0.3) is 0 Å². The van der Waals surface area contributed by atoms with Crippen molar-refractivity contribution in [3.8, 4) is 0 Å². The normalized spacial score (nSPS) is 27.7. The molecular formula is C52H85NO13. The Morgan fingerprint density at radius 3 is 1.59 bits per heavy atom. The average Bonchev–Trinajstić information content (AvgIpc) is 3.31. The van der Waals surface area contributed by atoms with Gasteiger partial charge in [-0.2, -0.15) is 0 Å². The predicted molar refractivity (Wildman–Crippen MR) is 258 cm³/mol. The fourth-order valence-corrected chi connectivity index (χ4v) is 7.27. The molecule has 0 radical (unpaired) electrons. The molecule has 0 spiro atoms. The lowest BCUT2D eigenvalue weighted by Crippen LogP contribution is -2.65. The maximum atomic E-state index is 13.1. The molecule has 2 aliphatic rings. The van der Waals surface area contributed by atoms with Crippen molar-refractivity contribution in [1.82, 2.24) is 5.32 Å². The van der Waals surface area contributed by atoms with E-state index >= 15 is 0 Å². The summed E-state index contributed by atoms with van der Waals surface area (Å²) in [7, 11) is 0. The van der Waals surface area contributed by atoms with Crippen molar-refractivity contribution in [3.63, 3.8) is 0 Å². The third-order valence-electron chi connectivity index (χ3n) is 11.3. The summed E-state index contributed by atoms with van der Waals surface area (Å²) in [4.78, 5) is 13.1. The molecule has 0 aromatic heterocycles. The Hall–Kier alpha value is -3.09. The number of ether oxygens (including phenoxy) is 4. The van der Waals surface area contributed by atoms with E-state index in [0.717, 1.165) is 96.3 Å². The van der Waals surface area contributed by atoms with E-state index in [1.54, 1.807) is 6.08 Å². The molecule has 12 atom stereocenters. The second-order valence-corrected chi connectivity index (χ2v) is 16.9. The van der Waals surface area contributed by atoms with E-state index in [9.17, 15) is 45.6 Å². The van der Waals surface area contributed by atoms with Gasteiger partial charge in [0, 0.05) is 6.42 Å². The summed E-state index contributed by atoms with van der Waals surface area (Å²) >= 11 is 0. The largest absolute Gasteiger partial charge is 0.394 e. The average molecular weight is 932 g/mol. The number of carbonyl (C=O) groups is 1. The minimum Gasteiger partial charge on any atom is -0.394 e. The molecule has 2 heterocycles. The number of unbranched alkanes of at least 4 members (excludes halogenated alkanes) is 8. The molecule has 9 N–H and O–H groups in total. The van der Waals surface area contributed by atoms with Crippen LogP contribution >= 0.6 is 0 Å². The highest BCUT2D eigenvalue weighted by molar-refractivity contribution is 5.76. The zero-order valence-electron chi connectivity index (χ0n) is 39.6. The monoisotopic (exact) mass is 932 g/mol. The third kappa shape index (κ3) is 24.8. The summed E-state index contributed by atoms with van der Waals surface area (Å²) in [5, 5.41) is 86.3. The van der Waals surface area contributed by atoms with E-state index in [2.05, 4.69) is 104 Å². The summed E-state index contributed by atoms with van der Waals surface area (Å²) in [5.74, 6) is -0.282. The van der Waals surface area contributed by atoms with Crippen LogP contribution in [0.1, 0.15) is 129 Å². The molecule has 66 heavy (non-hydrogen) atoms. The van der Waals surface area contributed by atoms with Crippen molar-refractivity contribution in [1.29, 1.82) is 0 Å². The van der Waals surface area contributed by atoms with Crippen LogP contribution in [-0.4, -0.2) is 140 Å². The standard InChI is InChI=1S/C52H85NO13/c1-3-5-7-9-11-12-13-14-15-16-17-18-19-20-21-22-23-24-25-26-27-28-30-32-34-36-44(57)53-40(41(56)35-33-31-29-10-8-6-4-2)39-63-51-49(62)47(60)50(43(38-55)65-51)66-52-48(61)46(59)45(58)42(37-54)64-52/h5,7,11-12,14-15,17-18,20-21,23-24,26-27,33,35,40-43,45-52,54-56,58-62H,3-4,6,8-10,13,16,19,22,25,28-32,34,36-39H2,1-2H3,(H,53,57)/b7-5-,12-11-,15-14-,18-17-,21-20-,24-23-,27-26-,35-33+. The van der Waals surface area contributed by atoms with Crippen molar-refractivity contribution < 1.29 is 64.6 Å². The smallest absolute Gasteiger partial charge is 0.220 e. The molecule has 0 bridgehead atoms. The van der Waals surface area contributed by atoms with Crippen molar-refractivity contribution >= 4 is 5.91 Å². The van der Waals surface area contributed by atoms with Crippen molar-refractivity contribution in [2.24, 2.45) is 0 Å². The van der Waals surface area contributed by atoms with E-state index < -0.39 is 86.8 Å². The molecule has 1 amide bonds. The third-order valence-corrected chi connectivity index (χ3v) is 11.3. The Labute approximate surface area is 394 Å². The predicted octanol–water partition coefficient (Wildman–Crippen LogP) is 5.98. The lowest BCUT2D eigenvalue weighted by molar-refractivity contribution is -0.359. The molecule has 2 fully saturated rings. The summed E-state index contributed by atoms with van der Waals surface area (Å²) in [5.41, 5.74) is 0. The molecular weight excluding hydrogens is 847 g/mol. The minimum atomic E-state index is -1.79. The van der Waals surface area contributed by atoms with Crippen LogP contribution in [0, 0.1) is 0 Å². The SMILES string of the molecule is CC/C=C\C/C=C\C/C=C\C/C=C\C/C=C\C/C=C\C/C=C\CCCCCC(=O)NC(COC1OC(CO)C(OC2OC(CO)C(O)C(O)C2O)C(O)C1O)C(O)/C=C/CCCCCCC. The fraction of sp³-hybridized carbons (Fsp3) is 0.673.